The fraction of sp³-hybridized carbons (Fsp3) is 0.222. The number of nitrogens with one attached hydrogen (secondary N) is 1. The molecule has 0 unspecified atom stereocenters. The molecule has 1 aliphatic rings. The number of anilines is 2. The Kier molecular flexibility index (Phi) is 4.65. The number of carbonyl (C=O) groups excluding carboxylic acids is 1. The second-order valence-electron chi connectivity index (χ2n) is 5.70. The smallest absolute Gasteiger partial charge is 0.212 e. The topological polar surface area (TPSA) is 93.8 Å². The Morgan fingerprint density at radius 1 is 1.21 bits per heavy atom. The largest absolute Gasteiger partial charge is 0.383 e. The molecule has 122 valence electrons. The molecule has 6 heteroatoms. The standard InChI is InChI=1S/C15H13N5O.C3H6/c1-9-2-3-17-6-11(9)13-4-10-5-14(19-8-21)18-7-12(10)15(16)20-13;1-2-3-1/h2-8H,1H3,(H2,16,20)(H,18,19,21);1-3H2. The van der Waals surface area contributed by atoms with Gasteiger partial charge in [0.05, 0.1) is 5.69 Å². The first-order valence-corrected chi connectivity index (χ1v) is 7.86. The summed E-state index contributed by atoms with van der Waals surface area (Å²) in [7, 11) is 0. The quantitative estimate of drug-likeness (QED) is 0.722. The van der Waals surface area contributed by atoms with Gasteiger partial charge in [0.15, 0.2) is 0 Å². The summed E-state index contributed by atoms with van der Waals surface area (Å²) < 4.78 is 0. The van der Waals surface area contributed by atoms with Crippen LogP contribution in [0.5, 0.6) is 0 Å². The molecule has 0 spiro atoms. The molecule has 0 radical (unpaired) electrons. The van der Waals surface area contributed by atoms with Gasteiger partial charge in [0.1, 0.15) is 11.6 Å². The average Bonchev–Trinajstić information content (AvgIpc) is 3.44. The molecule has 4 rings (SSSR count). The van der Waals surface area contributed by atoms with Crippen molar-refractivity contribution in [2.24, 2.45) is 0 Å². The lowest BCUT2D eigenvalue weighted by molar-refractivity contribution is -0.105. The second kappa shape index (κ2) is 7.04. The summed E-state index contributed by atoms with van der Waals surface area (Å²) in [5, 5.41) is 4.13. The molecule has 0 aromatic carbocycles. The Morgan fingerprint density at radius 3 is 2.67 bits per heavy atom. The van der Waals surface area contributed by atoms with E-state index < -0.39 is 0 Å². The number of aromatic nitrogens is 3. The predicted molar refractivity (Wildman–Crippen MR) is 95.5 cm³/mol. The van der Waals surface area contributed by atoms with E-state index in [2.05, 4.69) is 20.3 Å². The van der Waals surface area contributed by atoms with E-state index in [4.69, 9.17) is 5.73 Å². The monoisotopic (exact) mass is 321 g/mol. The van der Waals surface area contributed by atoms with E-state index in [-0.39, 0.29) is 0 Å². The first-order chi connectivity index (χ1) is 11.7. The van der Waals surface area contributed by atoms with Gasteiger partial charge in [-0.15, -0.1) is 0 Å². The van der Waals surface area contributed by atoms with Crippen molar-refractivity contribution in [3.05, 3.63) is 42.4 Å². The summed E-state index contributed by atoms with van der Waals surface area (Å²) in [5.41, 5.74) is 8.74. The first kappa shape index (κ1) is 15.9. The molecule has 1 saturated carbocycles. The summed E-state index contributed by atoms with van der Waals surface area (Å²) in [4.78, 5) is 23.2. The highest BCUT2D eigenvalue weighted by Gasteiger charge is 2.09. The van der Waals surface area contributed by atoms with Crippen LogP contribution in [0.4, 0.5) is 11.6 Å². The van der Waals surface area contributed by atoms with Crippen LogP contribution in [0.25, 0.3) is 22.0 Å². The second-order valence-corrected chi connectivity index (χ2v) is 5.70. The van der Waals surface area contributed by atoms with Crippen LogP contribution in [-0.2, 0) is 4.79 Å². The zero-order valence-corrected chi connectivity index (χ0v) is 13.5. The molecule has 0 saturated heterocycles. The minimum absolute atomic E-state index is 0.399. The van der Waals surface area contributed by atoms with Crippen LogP contribution in [0.3, 0.4) is 0 Å². The molecule has 1 aliphatic carbocycles. The molecular weight excluding hydrogens is 302 g/mol. The van der Waals surface area contributed by atoms with E-state index in [1.807, 2.05) is 19.1 Å². The van der Waals surface area contributed by atoms with Gasteiger partial charge in [-0.1, -0.05) is 19.3 Å². The van der Waals surface area contributed by atoms with Crippen molar-refractivity contribution >= 4 is 28.8 Å². The molecule has 0 atom stereocenters. The molecule has 3 N–H and O–H groups in total. The van der Waals surface area contributed by atoms with Crippen LogP contribution < -0.4 is 11.1 Å². The summed E-state index contributed by atoms with van der Waals surface area (Å²) in [6.45, 7) is 1.99. The Balaban J connectivity index is 0.000000508. The van der Waals surface area contributed by atoms with Gasteiger partial charge in [-0.25, -0.2) is 9.97 Å². The minimum atomic E-state index is 0.399. The maximum Gasteiger partial charge on any atom is 0.212 e. The maximum atomic E-state index is 10.5. The average molecular weight is 321 g/mol. The highest BCUT2D eigenvalue weighted by atomic mass is 16.1. The number of pyridine rings is 3. The molecule has 1 fully saturated rings. The number of amides is 1. The van der Waals surface area contributed by atoms with Crippen molar-refractivity contribution in [3.8, 4) is 11.3 Å². The lowest BCUT2D eigenvalue weighted by atomic mass is 10.1. The molecular formula is C18H19N5O. The maximum absolute atomic E-state index is 10.5. The van der Waals surface area contributed by atoms with Gasteiger partial charge in [-0.05, 0) is 36.1 Å². The van der Waals surface area contributed by atoms with Crippen molar-refractivity contribution in [3.63, 3.8) is 0 Å². The molecule has 0 bridgehead atoms. The highest BCUT2D eigenvalue weighted by Crippen LogP contribution is 2.28. The SMILES string of the molecule is C1CC1.Cc1ccncc1-c1cc2cc(NC=O)ncc2c(N)n1. The Morgan fingerprint density at radius 2 is 2.00 bits per heavy atom. The number of aryl methyl sites for hydroxylation is 1. The van der Waals surface area contributed by atoms with Gasteiger partial charge in [0.2, 0.25) is 6.41 Å². The third kappa shape index (κ3) is 3.65. The lowest BCUT2D eigenvalue weighted by Crippen LogP contribution is -1.99. The van der Waals surface area contributed by atoms with Crippen molar-refractivity contribution < 1.29 is 4.79 Å². The van der Waals surface area contributed by atoms with E-state index in [0.29, 0.717) is 18.0 Å². The van der Waals surface area contributed by atoms with E-state index in [1.54, 1.807) is 24.7 Å². The van der Waals surface area contributed by atoms with Crippen LogP contribution in [0.1, 0.15) is 24.8 Å². The number of rotatable bonds is 3. The summed E-state index contributed by atoms with van der Waals surface area (Å²) >= 11 is 0. The number of carbonyl (C=O) groups is 1. The fourth-order valence-corrected chi connectivity index (χ4v) is 2.18. The number of nitrogens with two attached hydrogens (primary N) is 1. The summed E-state index contributed by atoms with van der Waals surface area (Å²) in [6, 6.07) is 5.59. The number of hydrogen-bond donors (Lipinski definition) is 2. The van der Waals surface area contributed by atoms with Gasteiger partial charge in [0.25, 0.3) is 0 Å². The van der Waals surface area contributed by atoms with E-state index >= 15 is 0 Å². The third-order valence-corrected chi connectivity index (χ3v) is 3.62. The predicted octanol–water partition coefficient (Wildman–Crippen LogP) is 3.32. The van der Waals surface area contributed by atoms with E-state index in [0.717, 1.165) is 27.6 Å². The number of nitrogen functional groups attached to an aromatic ring is 1. The van der Waals surface area contributed by atoms with Crippen LogP contribution >= 0.6 is 0 Å². The normalized spacial score (nSPS) is 12.2. The van der Waals surface area contributed by atoms with E-state index in [1.165, 1.54) is 19.3 Å². The van der Waals surface area contributed by atoms with Crippen LogP contribution in [-0.4, -0.2) is 21.4 Å². The van der Waals surface area contributed by atoms with E-state index in [9.17, 15) is 4.79 Å². The molecule has 3 aromatic rings. The zero-order valence-electron chi connectivity index (χ0n) is 13.5. The zero-order chi connectivity index (χ0) is 16.9. The lowest BCUT2D eigenvalue weighted by Gasteiger charge is -2.09. The van der Waals surface area contributed by atoms with Crippen molar-refractivity contribution in [2.75, 3.05) is 11.1 Å². The molecule has 0 aliphatic heterocycles. The number of hydrogen-bond acceptors (Lipinski definition) is 5. The Bertz CT molecular complexity index is 874. The van der Waals surface area contributed by atoms with Gasteiger partial charge < -0.3 is 11.1 Å². The molecule has 3 aromatic heterocycles. The molecule has 3 heterocycles. The van der Waals surface area contributed by atoms with Gasteiger partial charge in [-0.2, -0.15) is 0 Å². The summed E-state index contributed by atoms with van der Waals surface area (Å²) in [6.07, 6.45) is 10.2. The molecule has 1 amide bonds. The van der Waals surface area contributed by atoms with Crippen LogP contribution in [0.2, 0.25) is 0 Å². The Hall–Kier alpha value is -3.02. The van der Waals surface area contributed by atoms with Gasteiger partial charge >= 0.3 is 0 Å². The van der Waals surface area contributed by atoms with Gasteiger partial charge in [0, 0.05) is 29.5 Å². The van der Waals surface area contributed by atoms with Crippen LogP contribution in [0, 0.1) is 6.92 Å². The minimum Gasteiger partial charge on any atom is -0.383 e. The van der Waals surface area contributed by atoms with Crippen molar-refractivity contribution in [2.45, 2.75) is 26.2 Å². The first-order valence-electron chi connectivity index (χ1n) is 7.86. The fourth-order valence-electron chi connectivity index (χ4n) is 2.18. The van der Waals surface area contributed by atoms with Gasteiger partial charge in [-0.3, -0.25) is 9.78 Å². The number of fused-ring (bicyclic) bond motifs is 1. The third-order valence-electron chi connectivity index (χ3n) is 3.62. The molecule has 24 heavy (non-hydrogen) atoms. The highest BCUT2D eigenvalue weighted by molar-refractivity contribution is 5.95. The van der Waals surface area contributed by atoms with Crippen molar-refractivity contribution in [1.29, 1.82) is 0 Å². The van der Waals surface area contributed by atoms with Crippen molar-refractivity contribution in [1.82, 2.24) is 15.0 Å². The Labute approximate surface area is 140 Å². The van der Waals surface area contributed by atoms with Crippen LogP contribution in [0.15, 0.2) is 36.8 Å². The summed E-state index contributed by atoms with van der Waals surface area (Å²) in [5.74, 6) is 0.868. The molecule has 6 nitrogen and oxygen atoms in total. The number of nitrogens with zero attached hydrogens (tertiary/aromatic N) is 3.